The number of hydrogen-bond acceptors (Lipinski definition) is 2. The maximum atomic E-state index is 12.3. The largest absolute Gasteiger partial charge is 0.393 e. The van der Waals surface area contributed by atoms with Gasteiger partial charge in [0.15, 0.2) is 0 Å². The van der Waals surface area contributed by atoms with Crippen LogP contribution in [0.4, 0.5) is 0 Å². The molecule has 3 heteroatoms. The van der Waals surface area contributed by atoms with E-state index in [9.17, 15) is 9.90 Å². The van der Waals surface area contributed by atoms with Crippen LogP contribution < -0.4 is 0 Å². The molecule has 1 N–H and O–H groups in total. The van der Waals surface area contributed by atoms with E-state index < -0.39 is 0 Å². The second-order valence-corrected chi connectivity index (χ2v) is 6.02. The van der Waals surface area contributed by atoms with Crippen molar-refractivity contribution in [3.63, 3.8) is 0 Å². The van der Waals surface area contributed by atoms with Gasteiger partial charge in [0.05, 0.1) is 6.10 Å². The number of benzene rings is 1. The van der Waals surface area contributed by atoms with Crippen molar-refractivity contribution < 1.29 is 9.90 Å². The third-order valence-corrected chi connectivity index (χ3v) is 4.32. The molecule has 0 bridgehead atoms. The summed E-state index contributed by atoms with van der Waals surface area (Å²) in [6.45, 7) is 2.59. The minimum absolute atomic E-state index is 0.00845. The second kappa shape index (κ2) is 7.41. The third-order valence-electron chi connectivity index (χ3n) is 4.32. The number of carbonyl (C=O) groups is 1. The van der Waals surface area contributed by atoms with E-state index >= 15 is 0 Å². The number of aliphatic hydroxyl groups is 1. The van der Waals surface area contributed by atoms with Gasteiger partial charge < -0.3 is 10.0 Å². The molecule has 0 aliphatic heterocycles. The third kappa shape index (κ3) is 4.43. The first kappa shape index (κ1) is 15.8. The fourth-order valence-electron chi connectivity index (χ4n) is 2.92. The molecule has 1 amide bonds. The van der Waals surface area contributed by atoms with Gasteiger partial charge in [-0.1, -0.05) is 43.2 Å². The fraction of sp³-hybridized carbons (Fsp3) is 0.500. The van der Waals surface area contributed by atoms with E-state index in [2.05, 4.69) is 0 Å². The predicted octanol–water partition coefficient (Wildman–Crippen LogP) is 3.10. The number of nitrogens with zero attached hydrogens (tertiary/aromatic N) is 1. The summed E-state index contributed by atoms with van der Waals surface area (Å²) in [4.78, 5) is 14.0. The molecule has 1 aliphatic rings. The van der Waals surface area contributed by atoms with Gasteiger partial charge in [-0.05, 0) is 30.9 Å². The van der Waals surface area contributed by atoms with E-state index in [1.165, 1.54) is 0 Å². The summed E-state index contributed by atoms with van der Waals surface area (Å²) < 4.78 is 0. The molecule has 0 saturated heterocycles. The van der Waals surface area contributed by atoms with E-state index in [0.717, 1.165) is 36.8 Å². The number of amides is 1. The van der Waals surface area contributed by atoms with Gasteiger partial charge in [-0.3, -0.25) is 4.79 Å². The zero-order chi connectivity index (χ0) is 15.2. The summed E-state index contributed by atoms with van der Waals surface area (Å²) >= 11 is 0. The molecular weight excluding hydrogens is 262 g/mol. The Morgan fingerprint density at radius 1 is 1.29 bits per heavy atom. The van der Waals surface area contributed by atoms with Gasteiger partial charge in [0.25, 0.3) is 0 Å². The summed E-state index contributed by atoms with van der Waals surface area (Å²) in [5, 5.41) is 10.0. The molecule has 2 unspecified atom stereocenters. The number of rotatable bonds is 4. The first-order valence-electron chi connectivity index (χ1n) is 7.75. The van der Waals surface area contributed by atoms with Crippen LogP contribution in [0.3, 0.4) is 0 Å². The molecule has 0 heterocycles. The van der Waals surface area contributed by atoms with Crippen LogP contribution in [-0.4, -0.2) is 35.6 Å². The van der Waals surface area contributed by atoms with Crippen molar-refractivity contribution in [1.82, 2.24) is 4.90 Å². The lowest BCUT2D eigenvalue weighted by Gasteiger charge is -2.30. The molecule has 1 aliphatic carbocycles. The highest BCUT2D eigenvalue weighted by atomic mass is 16.3. The smallest absolute Gasteiger partial charge is 0.246 e. The van der Waals surface area contributed by atoms with Crippen molar-refractivity contribution >= 4 is 11.5 Å². The number of allylic oxidation sites excluding steroid dienone is 1. The maximum absolute atomic E-state index is 12.3. The highest BCUT2D eigenvalue weighted by molar-refractivity contribution is 5.94. The predicted molar refractivity (Wildman–Crippen MR) is 85.7 cm³/mol. The van der Waals surface area contributed by atoms with Crippen LogP contribution in [0.25, 0.3) is 5.57 Å². The zero-order valence-corrected chi connectivity index (χ0v) is 13.0. The van der Waals surface area contributed by atoms with Gasteiger partial charge in [0.2, 0.25) is 5.91 Å². The number of aliphatic hydroxyl groups excluding tert-OH is 1. The molecule has 1 fully saturated rings. The highest BCUT2D eigenvalue weighted by Gasteiger charge is 2.25. The maximum Gasteiger partial charge on any atom is 0.246 e. The van der Waals surface area contributed by atoms with E-state index in [-0.39, 0.29) is 17.9 Å². The van der Waals surface area contributed by atoms with Gasteiger partial charge in [0, 0.05) is 25.6 Å². The fourth-order valence-corrected chi connectivity index (χ4v) is 2.92. The van der Waals surface area contributed by atoms with Crippen LogP contribution in [0.2, 0.25) is 0 Å². The average Bonchev–Trinajstić information content (AvgIpc) is 2.50. The lowest BCUT2D eigenvalue weighted by atomic mass is 9.86. The van der Waals surface area contributed by atoms with Crippen LogP contribution in [0, 0.1) is 5.92 Å². The molecule has 2 atom stereocenters. The lowest BCUT2D eigenvalue weighted by Crippen LogP contribution is -2.37. The van der Waals surface area contributed by atoms with Crippen molar-refractivity contribution in [2.45, 2.75) is 38.7 Å². The molecule has 21 heavy (non-hydrogen) atoms. The van der Waals surface area contributed by atoms with Crippen molar-refractivity contribution in [2.75, 3.05) is 13.6 Å². The van der Waals surface area contributed by atoms with Crippen LogP contribution >= 0.6 is 0 Å². The molecule has 114 valence electrons. The van der Waals surface area contributed by atoms with Crippen molar-refractivity contribution in [2.24, 2.45) is 5.92 Å². The zero-order valence-electron chi connectivity index (χ0n) is 13.0. The molecule has 3 nitrogen and oxygen atoms in total. The number of carbonyl (C=O) groups excluding carboxylic acids is 1. The summed E-state index contributed by atoms with van der Waals surface area (Å²) in [5.41, 5.74) is 2.04. The van der Waals surface area contributed by atoms with Gasteiger partial charge in [0.1, 0.15) is 0 Å². The first-order valence-corrected chi connectivity index (χ1v) is 7.75. The van der Waals surface area contributed by atoms with Gasteiger partial charge >= 0.3 is 0 Å². The van der Waals surface area contributed by atoms with E-state index in [1.807, 2.05) is 44.3 Å². The van der Waals surface area contributed by atoms with E-state index in [1.54, 1.807) is 11.0 Å². The minimum atomic E-state index is -0.256. The number of hydrogen-bond donors (Lipinski definition) is 1. The molecule has 0 aromatic heterocycles. The molecule has 1 aromatic rings. The Balaban J connectivity index is 1.96. The normalized spacial score (nSPS) is 22.9. The lowest BCUT2D eigenvalue weighted by molar-refractivity contribution is -0.126. The molecular formula is C18H25NO2. The summed E-state index contributed by atoms with van der Waals surface area (Å²) in [7, 11) is 1.82. The Morgan fingerprint density at radius 3 is 2.62 bits per heavy atom. The monoisotopic (exact) mass is 287 g/mol. The van der Waals surface area contributed by atoms with Gasteiger partial charge in [-0.15, -0.1) is 0 Å². The van der Waals surface area contributed by atoms with Crippen LogP contribution in [0.5, 0.6) is 0 Å². The van der Waals surface area contributed by atoms with Crippen LogP contribution in [-0.2, 0) is 4.79 Å². The Labute approximate surface area is 127 Å². The Hall–Kier alpha value is -1.61. The Morgan fingerprint density at radius 2 is 1.95 bits per heavy atom. The van der Waals surface area contributed by atoms with Crippen molar-refractivity contribution in [3.05, 3.63) is 42.0 Å². The molecule has 1 saturated carbocycles. The topological polar surface area (TPSA) is 40.5 Å². The summed E-state index contributed by atoms with van der Waals surface area (Å²) in [5.74, 6) is 0.229. The van der Waals surface area contributed by atoms with Crippen LogP contribution in [0.1, 0.15) is 38.2 Å². The average molecular weight is 287 g/mol. The molecule has 2 rings (SSSR count). The minimum Gasteiger partial charge on any atom is -0.393 e. The van der Waals surface area contributed by atoms with Crippen molar-refractivity contribution in [1.29, 1.82) is 0 Å². The van der Waals surface area contributed by atoms with Gasteiger partial charge in [-0.2, -0.15) is 0 Å². The Bertz CT molecular complexity index is 495. The van der Waals surface area contributed by atoms with Crippen LogP contribution in [0.15, 0.2) is 36.4 Å². The molecule has 0 spiro atoms. The van der Waals surface area contributed by atoms with E-state index in [4.69, 9.17) is 0 Å². The molecule has 0 radical (unpaired) electrons. The summed E-state index contributed by atoms with van der Waals surface area (Å²) in [6, 6.07) is 9.92. The van der Waals surface area contributed by atoms with Crippen molar-refractivity contribution in [3.8, 4) is 0 Å². The summed E-state index contributed by atoms with van der Waals surface area (Å²) in [6.07, 6.45) is 5.56. The molecule has 1 aromatic carbocycles. The SMILES string of the molecule is C/C(=C/C(=O)N(C)CC1CCCCC1O)c1ccccc1. The highest BCUT2D eigenvalue weighted by Crippen LogP contribution is 2.25. The number of likely N-dealkylation sites (N-methyl/N-ethyl adjacent to an activating group) is 1. The quantitative estimate of drug-likeness (QED) is 0.864. The van der Waals surface area contributed by atoms with Gasteiger partial charge in [-0.25, -0.2) is 0 Å². The second-order valence-electron chi connectivity index (χ2n) is 6.02. The standard InChI is InChI=1S/C18H25NO2/c1-14(15-8-4-3-5-9-15)12-18(21)19(2)13-16-10-6-7-11-17(16)20/h3-5,8-9,12,16-17,20H,6-7,10-11,13H2,1-2H3/b14-12-. The van der Waals surface area contributed by atoms with E-state index in [0.29, 0.717) is 6.54 Å². The first-order chi connectivity index (χ1) is 10.1. The Kier molecular flexibility index (Phi) is 5.57.